The van der Waals surface area contributed by atoms with Gasteiger partial charge in [0, 0.05) is 25.8 Å². The molecule has 1 aromatic carbocycles. The molecule has 0 unspecified atom stereocenters. The fourth-order valence-electron chi connectivity index (χ4n) is 1.81. The molecule has 0 spiro atoms. The number of nitrogens with one attached hydrogen (secondary N) is 2. The Bertz CT molecular complexity index is 389. The highest BCUT2D eigenvalue weighted by Crippen LogP contribution is 2.27. The van der Waals surface area contributed by atoms with E-state index in [0.717, 1.165) is 16.9 Å². The summed E-state index contributed by atoms with van der Waals surface area (Å²) in [5.74, 6) is 0. The average Bonchev–Trinajstić information content (AvgIpc) is 2.28. The van der Waals surface area contributed by atoms with Crippen LogP contribution >= 0.6 is 0 Å². The quantitative estimate of drug-likeness (QED) is 0.773. The molecule has 1 aliphatic rings. The molecular weight excluding hydrogens is 190 g/mol. The van der Waals surface area contributed by atoms with E-state index in [2.05, 4.69) is 10.6 Å². The smallest absolute Gasteiger partial charge is 0.322 e. The minimum absolute atomic E-state index is 0.0155. The Morgan fingerprint density at radius 2 is 2.33 bits per heavy atom. The van der Waals surface area contributed by atoms with E-state index in [-0.39, 0.29) is 6.03 Å². The second-order valence-electron chi connectivity index (χ2n) is 3.50. The Kier molecular flexibility index (Phi) is 2.49. The SMILES string of the molecule is CCN1C(=O)NCc2ccc(NC)cc21. The number of anilines is 2. The van der Waals surface area contributed by atoms with Crippen LogP contribution in [0.15, 0.2) is 18.2 Å². The molecule has 0 aromatic heterocycles. The average molecular weight is 205 g/mol. The monoisotopic (exact) mass is 205 g/mol. The number of amides is 2. The van der Waals surface area contributed by atoms with Crippen LogP contribution in [0.2, 0.25) is 0 Å². The molecule has 4 nitrogen and oxygen atoms in total. The first kappa shape index (κ1) is 9.83. The normalized spacial score (nSPS) is 14.5. The van der Waals surface area contributed by atoms with Gasteiger partial charge in [0.15, 0.2) is 0 Å². The Labute approximate surface area is 89.3 Å². The van der Waals surface area contributed by atoms with Crippen LogP contribution in [0.1, 0.15) is 12.5 Å². The molecule has 0 atom stereocenters. The fourth-order valence-corrected chi connectivity index (χ4v) is 1.81. The highest BCUT2D eigenvalue weighted by Gasteiger charge is 2.22. The maximum Gasteiger partial charge on any atom is 0.322 e. The van der Waals surface area contributed by atoms with E-state index in [1.807, 2.05) is 32.2 Å². The van der Waals surface area contributed by atoms with Gasteiger partial charge in [0.2, 0.25) is 0 Å². The summed E-state index contributed by atoms with van der Waals surface area (Å²) < 4.78 is 0. The molecule has 0 aliphatic carbocycles. The van der Waals surface area contributed by atoms with E-state index < -0.39 is 0 Å². The molecule has 2 amide bonds. The summed E-state index contributed by atoms with van der Waals surface area (Å²) in [5, 5.41) is 5.92. The van der Waals surface area contributed by atoms with Gasteiger partial charge in [0.25, 0.3) is 0 Å². The van der Waals surface area contributed by atoms with E-state index in [0.29, 0.717) is 13.1 Å². The molecule has 15 heavy (non-hydrogen) atoms. The molecule has 1 aliphatic heterocycles. The molecule has 2 rings (SSSR count). The molecule has 0 bridgehead atoms. The van der Waals surface area contributed by atoms with Gasteiger partial charge in [-0.1, -0.05) is 6.07 Å². The molecule has 4 heteroatoms. The van der Waals surface area contributed by atoms with Gasteiger partial charge in [-0.25, -0.2) is 4.79 Å². The van der Waals surface area contributed by atoms with Gasteiger partial charge >= 0.3 is 6.03 Å². The maximum atomic E-state index is 11.6. The summed E-state index contributed by atoms with van der Waals surface area (Å²) >= 11 is 0. The predicted octanol–water partition coefficient (Wildman–Crippen LogP) is 1.78. The topological polar surface area (TPSA) is 44.4 Å². The Morgan fingerprint density at radius 1 is 1.53 bits per heavy atom. The fraction of sp³-hybridized carbons (Fsp3) is 0.364. The number of hydrogen-bond acceptors (Lipinski definition) is 2. The van der Waals surface area contributed by atoms with Crippen molar-refractivity contribution in [2.45, 2.75) is 13.5 Å². The van der Waals surface area contributed by atoms with Crippen LogP contribution in [-0.2, 0) is 6.54 Å². The van der Waals surface area contributed by atoms with Crippen LogP contribution in [0.3, 0.4) is 0 Å². The number of carbonyl (C=O) groups is 1. The Hall–Kier alpha value is -1.71. The van der Waals surface area contributed by atoms with Gasteiger partial charge in [0.05, 0.1) is 5.69 Å². The third-order valence-corrected chi connectivity index (χ3v) is 2.66. The molecule has 1 heterocycles. The number of rotatable bonds is 2. The van der Waals surface area contributed by atoms with E-state index in [4.69, 9.17) is 0 Å². The molecule has 80 valence electrons. The van der Waals surface area contributed by atoms with Crippen molar-refractivity contribution in [3.05, 3.63) is 23.8 Å². The molecule has 0 radical (unpaired) electrons. The molecular formula is C11H15N3O. The molecule has 2 N–H and O–H groups in total. The molecule has 0 saturated carbocycles. The van der Waals surface area contributed by atoms with Gasteiger partial charge in [-0.2, -0.15) is 0 Å². The van der Waals surface area contributed by atoms with Gasteiger partial charge in [0.1, 0.15) is 0 Å². The summed E-state index contributed by atoms with van der Waals surface area (Å²) in [6.45, 7) is 3.28. The number of carbonyl (C=O) groups excluding carboxylic acids is 1. The van der Waals surface area contributed by atoms with Crippen molar-refractivity contribution in [2.24, 2.45) is 0 Å². The zero-order valence-electron chi connectivity index (χ0n) is 9.00. The van der Waals surface area contributed by atoms with Gasteiger partial charge in [-0.05, 0) is 24.6 Å². The summed E-state index contributed by atoms with van der Waals surface area (Å²) in [7, 11) is 1.88. The summed E-state index contributed by atoms with van der Waals surface area (Å²) in [4.78, 5) is 13.3. The van der Waals surface area contributed by atoms with Crippen molar-refractivity contribution >= 4 is 17.4 Å². The zero-order valence-corrected chi connectivity index (χ0v) is 9.00. The first-order valence-corrected chi connectivity index (χ1v) is 5.12. The first-order valence-electron chi connectivity index (χ1n) is 5.12. The standard InChI is InChI=1S/C11H15N3O/c1-3-14-10-6-9(12-2)5-4-8(10)7-13-11(14)15/h4-6,12H,3,7H2,1-2H3,(H,13,15). The van der Waals surface area contributed by atoms with Gasteiger partial charge < -0.3 is 10.6 Å². The lowest BCUT2D eigenvalue weighted by molar-refractivity contribution is 0.245. The number of hydrogen-bond donors (Lipinski definition) is 2. The number of urea groups is 1. The third kappa shape index (κ3) is 1.63. The Balaban J connectivity index is 2.45. The number of nitrogens with zero attached hydrogens (tertiary/aromatic N) is 1. The van der Waals surface area contributed by atoms with Crippen molar-refractivity contribution in [1.82, 2.24) is 5.32 Å². The lowest BCUT2D eigenvalue weighted by atomic mass is 10.1. The second kappa shape index (κ2) is 3.81. The highest BCUT2D eigenvalue weighted by atomic mass is 16.2. The van der Waals surface area contributed by atoms with Crippen molar-refractivity contribution in [3.63, 3.8) is 0 Å². The largest absolute Gasteiger partial charge is 0.388 e. The summed E-state index contributed by atoms with van der Waals surface area (Å²) in [6.07, 6.45) is 0. The lowest BCUT2D eigenvalue weighted by Crippen LogP contribution is -2.43. The predicted molar refractivity (Wildman–Crippen MR) is 61.2 cm³/mol. The minimum Gasteiger partial charge on any atom is -0.388 e. The van der Waals surface area contributed by atoms with Crippen LogP contribution in [0.25, 0.3) is 0 Å². The summed E-state index contributed by atoms with van der Waals surface area (Å²) in [6, 6.07) is 6.06. The minimum atomic E-state index is -0.0155. The highest BCUT2D eigenvalue weighted by molar-refractivity contribution is 5.95. The van der Waals surface area contributed by atoms with E-state index in [9.17, 15) is 4.79 Å². The van der Waals surface area contributed by atoms with Crippen LogP contribution in [0, 0.1) is 0 Å². The van der Waals surface area contributed by atoms with Gasteiger partial charge in [-0.15, -0.1) is 0 Å². The Morgan fingerprint density at radius 3 is 3.00 bits per heavy atom. The van der Waals surface area contributed by atoms with Crippen LogP contribution in [0.4, 0.5) is 16.2 Å². The van der Waals surface area contributed by atoms with Crippen molar-refractivity contribution in [2.75, 3.05) is 23.8 Å². The van der Waals surface area contributed by atoms with Crippen LogP contribution < -0.4 is 15.5 Å². The van der Waals surface area contributed by atoms with Crippen molar-refractivity contribution < 1.29 is 4.79 Å². The van der Waals surface area contributed by atoms with Crippen LogP contribution in [0.5, 0.6) is 0 Å². The first-order chi connectivity index (χ1) is 7.26. The maximum absolute atomic E-state index is 11.6. The van der Waals surface area contributed by atoms with Crippen LogP contribution in [-0.4, -0.2) is 19.6 Å². The third-order valence-electron chi connectivity index (χ3n) is 2.66. The summed E-state index contributed by atoms with van der Waals surface area (Å²) in [5.41, 5.74) is 3.20. The molecule has 0 fully saturated rings. The number of benzene rings is 1. The lowest BCUT2D eigenvalue weighted by Gasteiger charge is -2.29. The van der Waals surface area contributed by atoms with Crippen molar-refractivity contribution in [3.8, 4) is 0 Å². The molecule has 1 aromatic rings. The molecule has 0 saturated heterocycles. The number of fused-ring (bicyclic) bond motifs is 1. The van der Waals surface area contributed by atoms with Gasteiger partial charge in [-0.3, -0.25) is 4.90 Å². The van der Waals surface area contributed by atoms with E-state index in [1.54, 1.807) is 4.90 Å². The second-order valence-corrected chi connectivity index (χ2v) is 3.50. The van der Waals surface area contributed by atoms with E-state index >= 15 is 0 Å². The van der Waals surface area contributed by atoms with E-state index in [1.165, 1.54) is 0 Å². The zero-order chi connectivity index (χ0) is 10.8. The van der Waals surface area contributed by atoms with Crippen molar-refractivity contribution in [1.29, 1.82) is 0 Å².